The molecule has 0 bridgehead atoms. The fourth-order valence-corrected chi connectivity index (χ4v) is 5.11. The van der Waals surface area contributed by atoms with Gasteiger partial charge in [-0.15, -0.1) is 0 Å². The molecule has 0 radical (unpaired) electrons. The Kier molecular flexibility index (Phi) is 12.9. The third-order valence-corrected chi connectivity index (χ3v) is 7.44. The molecule has 210 valence electrons. The number of hydrogen-bond acceptors (Lipinski definition) is 4. The third kappa shape index (κ3) is 9.59. The predicted octanol–water partition coefficient (Wildman–Crippen LogP) is 10.0. The van der Waals surface area contributed by atoms with E-state index in [9.17, 15) is 13.6 Å². The number of unbranched alkanes of at least 4 members (excludes halogenated alkanes) is 7. The summed E-state index contributed by atoms with van der Waals surface area (Å²) in [5.74, 6) is -0.985. The van der Waals surface area contributed by atoms with Crippen LogP contribution in [0.4, 0.5) is 13.6 Å². The molecule has 0 spiro atoms. The van der Waals surface area contributed by atoms with Gasteiger partial charge in [-0.2, -0.15) is 4.39 Å². The van der Waals surface area contributed by atoms with Crippen molar-refractivity contribution < 1.29 is 27.8 Å². The van der Waals surface area contributed by atoms with Gasteiger partial charge in [0.25, 0.3) is 0 Å². The van der Waals surface area contributed by atoms with Gasteiger partial charge in [0, 0.05) is 5.56 Å². The predicted molar refractivity (Wildman–Crippen MR) is 148 cm³/mol. The van der Waals surface area contributed by atoms with Gasteiger partial charge in [0.2, 0.25) is 5.82 Å². The van der Waals surface area contributed by atoms with Gasteiger partial charge in [-0.3, -0.25) is 0 Å². The molecular formula is C32H44F2O4. The maximum atomic E-state index is 14.8. The molecule has 0 aliphatic heterocycles. The van der Waals surface area contributed by atoms with E-state index in [1.165, 1.54) is 57.1 Å². The molecule has 0 aromatic heterocycles. The van der Waals surface area contributed by atoms with Crippen LogP contribution in [0.15, 0.2) is 36.4 Å². The number of halogens is 2. The van der Waals surface area contributed by atoms with Crippen molar-refractivity contribution >= 4 is 6.16 Å². The van der Waals surface area contributed by atoms with Crippen LogP contribution >= 0.6 is 0 Å². The lowest BCUT2D eigenvalue weighted by atomic mass is 9.84. The lowest BCUT2D eigenvalue weighted by Crippen LogP contribution is -2.26. The molecule has 0 amide bonds. The van der Waals surface area contributed by atoms with Crippen LogP contribution in [0, 0.1) is 17.6 Å². The average Bonchev–Trinajstić information content (AvgIpc) is 2.92. The molecule has 6 heteroatoms. The normalized spacial score (nSPS) is 17.3. The van der Waals surface area contributed by atoms with E-state index < -0.39 is 17.8 Å². The molecule has 3 rings (SSSR count). The van der Waals surface area contributed by atoms with E-state index in [4.69, 9.17) is 14.2 Å². The summed E-state index contributed by atoms with van der Waals surface area (Å²) in [6.07, 6.45) is 14.7. The summed E-state index contributed by atoms with van der Waals surface area (Å²) in [5.41, 5.74) is 0.602. The van der Waals surface area contributed by atoms with Gasteiger partial charge in [0.05, 0.1) is 6.61 Å². The quantitative estimate of drug-likeness (QED) is 0.131. The number of carbonyl (C=O) groups is 1. The van der Waals surface area contributed by atoms with Gasteiger partial charge in [0.1, 0.15) is 11.9 Å². The fraction of sp³-hybridized carbons (Fsp3) is 0.594. The van der Waals surface area contributed by atoms with Crippen LogP contribution in [-0.4, -0.2) is 18.9 Å². The molecule has 2 aromatic carbocycles. The van der Waals surface area contributed by atoms with Crippen LogP contribution in [-0.2, 0) is 4.74 Å². The summed E-state index contributed by atoms with van der Waals surface area (Å²) >= 11 is 0. The van der Waals surface area contributed by atoms with Crippen LogP contribution < -0.4 is 9.47 Å². The van der Waals surface area contributed by atoms with Crippen molar-refractivity contribution in [2.75, 3.05) is 6.61 Å². The van der Waals surface area contributed by atoms with E-state index in [1.807, 2.05) is 0 Å². The monoisotopic (exact) mass is 530 g/mol. The highest BCUT2D eigenvalue weighted by Gasteiger charge is 2.24. The highest BCUT2D eigenvalue weighted by Crippen LogP contribution is 2.32. The lowest BCUT2D eigenvalue weighted by molar-refractivity contribution is 0.0329. The summed E-state index contributed by atoms with van der Waals surface area (Å²) in [4.78, 5) is 12.3. The molecule has 4 nitrogen and oxygen atoms in total. The van der Waals surface area contributed by atoms with E-state index in [-0.39, 0.29) is 17.4 Å². The van der Waals surface area contributed by atoms with Crippen molar-refractivity contribution in [3.8, 4) is 22.6 Å². The zero-order chi connectivity index (χ0) is 27.2. The Morgan fingerprint density at radius 3 is 2.16 bits per heavy atom. The summed E-state index contributed by atoms with van der Waals surface area (Å²) in [6, 6.07) is 9.28. The number of benzene rings is 2. The molecule has 0 saturated heterocycles. The van der Waals surface area contributed by atoms with E-state index in [0.717, 1.165) is 50.9 Å². The topological polar surface area (TPSA) is 44.8 Å². The molecular weight excluding hydrogens is 486 g/mol. The van der Waals surface area contributed by atoms with Gasteiger partial charge in [-0.1, -0.05) is 83.8 Å². The van der Waals surface area contributed by atoms with Gasteiger partial charge in [-0.05, 0) is 67.9 Å². The van der Waals surface area contributed by atoms with Crippen LogP contribution in [0.3, 0.4) is 0 Å². The van der Waals surface area contributed by atoms with Crippen LogP contribution in [0.5, 0.6) is 11.5 Å². The van der Waals surface area contributed by atoms with Gasteiger partial charge in [-0.25, -0.2) is 9.18 Å². The second-order valence-electron chi connectivity index (χ2n) is 10.5. The van der Waals surface area contributed by atoms with E-state index in [1.54, 1.807) is 24.3 Å². The molecule has 1 aliphatic carbocycles. The molecule has 0 atom stereocenters. The lowest BCUT2D eigenvalue weighted by Gasteiger charge is -2.27. The number of hydrogen-bond donors (Lipinski definition) is 0. The van der Waals surface area contributed by atoms with Crippen molar-refractivity contribution in [3.63, 3.8) is 0 Å². The average molecular weight is 531 g/mol. The Hall–Kier alpha value is -2.63. The van der Waals surface area contributed by atoms with Crippen molar-refractivity contribution in [2.24, 2.45) is 5.92 Å². The first-order valence-corrected chi connectivity index (χ1v) is 14.6. The number of ether oxygens (including phenoxy) is 3. The smallest absolute Gasteiger partial charge is 0.490 e. The first-order valence-electron chi connectivity index (χ1n) is 14.6. The zero-order valence-corrected chi connectivity index (χ0v) is 23.1. The number of carbonyl (C=O) groups excluding carboxylic acids is 1. The Bertz CT molecular complexity index is 968. The Labute approximate surface area is 227 Å². The standard InChI is InChI=1S/C32H44F2O4/c1-3-5-7-8-9-11-23-36-29-22-21-28(30(33)31(29)34)25-15-19-27(20-16-25)38-32(35)37-26-17-13-24(14-18-26)12-10-6-4-2/h15-16,19-22,24,26H,3-14,17-18,23H2,1-2H3. The minimum Gasteiger partial charge on any atom is -0.490 e. The van der Waals surface area contributed by atoms with Crippen LogP contribution in [0.1, 0.15) is 104 Å². The molecule has 0 heterocycles. The van der Waals surface area contributed by atoms with E-state index in [0.29, 0.717) is 17.9 Å². The van der Waals surface area contributed by atoms with Gasteiger partial charge >= 0.3 is 6.16 Å². The summed E-state index contributed by atoms with van der Waals surface area (Å²) in [6.45, 7) is 4.75. The zero-order valence-electron chi connectivity index (χ0n) is 23.1. The highest BCUT2D eigenvalue weighted by atomic mass is 19.2. The van der Waals surface area contributed by atoms with Gasteiger partial charge < -0.3 is 14.2 Å². The van der Waals surface area contributed by atoms with Gasteiger partial charge in [0.15, 0.2) is 11.6 Å². The highest BCUT2D eigenvalue weighted by molar-refractivity contribution is 5.68. The summed E-state index contributed by atoms with van der Waals surface area (Å²) in [5, 5.41) is 0. The Morgan fingerprint density at radius 2 is 1.45 bits per heavy atom. The van der Waals surface area contributed by atoms with Crippen LogP contribution in [0.2, 0.25) is 0 Å². The van der Waals surface area contributed by atoms with E-state index in [2.05, 4.69) is 13.8 Å². The summed E-state index contributed by atoms with van der Waals surface area (Å²) < 4.78 is 45.7. The third-order valence-electron chi connectivity index (χ3n) is 7.44. The minimum absolute atomic E-state index is 0.0718. The maximum absolute atomic E-state index is 14.8. The van der Waals surface area contributed by atoms with Crippen molar-refractivity contribution in [2.45, 2.75) is 110 Å². The second kappa shape index (κ2) is 16.4. The first-order chi connectivity index (χ1) is 18.5. The molecule has 0 unspecified atom stereocenters. The molecule has 1 aliphatic rings. The van der Waals surface area contributed by atoms with Crippen molar-refractivity contribution in [1.29, 1.82) is 0 Å². The largest absolute Gasteiger partial charge is 0.514 e. The first kappa shape index (κ1) is 29.9. The van der Waals surface area contributed by atoms with Crippen molar-refractivity contribution in [1.82, 2.24) is 0 Å². The maximum Gasteiger partial charge on any atom is 0.514 e. The Balaban J connectivity index is 1.45. The molecule has 1 saturated carbocycles. The second-order valence-corrected chi connectivity index (χ2v) is 10.5. The minimum atomic E-state index is -0.988. The SMILES string of the molecule is CCCCCCCCOc1ccc(-c2ccc(OC(=O)OC3CCC(CCCCC)CC3)cc2)c(F)c1F. The molecule has 38 heavy (non-hydrogen) atoms. The van der Waals surface area contributed by atoms with Crippen LogP contribution in [0.25, 0.3) is 11.1 Å². The molecule has 2 aromatic rings. The molecule has 1 fully saturated rings. The van der Waals surface area contributed by atoms with Crippen molar-refractivity contribution in [3.05, 3.63) is 48.0 Å². The Morgan fingerprint density at radius 1 is 0.789 bits per heavy atom. The number of rotatable bonds is 15. The summed E-state index contributed by atoms with van der Waals surface area (Å²) in [7, 11) is 0. The van der Waals surface area contributed by atoms with E-state index >= 15 is 0 Å². The fourth-order valence-electron chi connectivity index (χ4n) is 5.11. The molecule has 0 N–H and O–H groups in total.